The minimum atomic E-state index is 0.713. The molecular weight excluding hydrogens is 310 g/mol. The molecule has 2 aromatic rings. The van der Waals surface area contributed by atoms with Crippen LogP contribution in [0.3, 0.4) is 0 Å². The van der Waals surface area contributed by atoms with Crippen molar-refractivity contribution >= 4 is 17.4 Å². The van der Waals surface area contributed by atoms with Gasteiger partial charge in [-0.05, 0) is 25.0 Å². The van der Waals surface area contributed by atoms with E-state index in [1.807, 2.05) is 6.07 Å². The van der Waals surface area contributed by atoms with Crippen LogP contribution in [0.5, 0.6) is 0 Å². The summed E-state index contributed by atoms with van der Waals surface area (Å²) in [6.07, 6.45) is 13.3. The summed E-state index contributed by atoms with van der Waals surface area (Å²) < 4.78 is 2.38. The molecule has 0 unspecified atom stereocenters. The van der Waals surface area contributed by atoms with Gasteiger partial charge in [0.1, 0.15) is 5.82 Å². The van der Waals surface area contributed by atoms with Crippen molar-refractivity contribution in [1.29, 1.82) is 0 Å². The van der Waals surface area contributed by atoms with E-state index >= 15 is 0 Å². The lowest BCUT2D eigenvalue weighted by atomic mass is 10.1. The van der Waals surface area contributed by atoms with Crippen LogP contribution in [-0.2, 0) is 17.8 Å². The molecule has 1 N–H and O–H groups in total. The molecule has 0 spiro atoms. The molecule has 1 amide bonds. The second-order valence-electron chi connectivity index (χ2n) is 6.82. The molecule has 25 heavy (non-hydrogen) atoms. The number of unbranched alkanes of at least 4 members (excludes halogenated alkanes) is 7. The number of rotatable bonds is 14. The van der Waals surface area contributed by atoms with Crippen molar-refractivity contribution in [3.63, 3.8) is 0 Å². The van der Waals surface area contributed by atoms with Gasteiger partial charge in [0.25, 0.3) is 0 Å². The molecule has 0 bridgehead atoms. The molecule has 138 valence electrons. The Hall–Kier alpha value is -1.84. The zero-order valence-electron chi connectivity index (χ0n) is 15.7. The Bertz CT molecular complexity index is 621. The van der Waals surface area contributed by atoms with E-state index in [-0.39, 0.29) is 0 Å². The fourth-order valence-corrected chi connectivity index (χ4v) is 3.38. The Balaban J connectivity index is 1.83. The standard InChI is InChI=1S/C21H33N3O/c1-2-3-4-5-6-7-8-11-17-24-20-14-10-9-13-19(20)23-21(24)15-12-16-22-18-25/h9-10,13-14,18H,2-8,11-12,15-17H2,1H3,(H,22,25). The number of carbonyl (C=O) groups is 1. The highest BCUT2D eigenvalue weighted by Crippen LogP contribution is 2.18. The van der Waals surface area contributed by atoms with Gasteiger partial charge in [0.05, 0.1) is 11.0 Å². The van der Waals surface area contributed by atoms with E-state index in [2.05, 4.69) is 35.0 Å². The SMILES string of the molecule is CCCCCCCCCCn1c(CCCNC=O)nc2ccccc21. The van der Waals surface area contributed by atoms with Crippen molar-refractivity contribution in [2.45, 2.75) is 77.7 Å². The monoisotopic (exact) mass is 343 g/mol. The van der Waals surface area contributed by atoms with Gasteiger partial charge in [0.2, 0.25) is 6.41 Å². The summed E-state index contributed by atoms with van der Waals surface area (Å²) in [6, 6.07) is 8.40. The lowest BCUT2D eigenvalue weighted by Crippen LogP contribution is -2.14. The Kier molecular flexibility index (Phi) is 9.09. The topological polar surface area (TPSA) is 46.9 Å². The van der Waals surface area contributed by atoms with Crippen LogP contribution in [-0.4, -0.2) is 22.5 Å². The summed E-state index contributed by atoms with van der Waals surface area (Å²) in [5.41, 5.74) is 2.32. The lowest BCUT2D eigenvalue weighted by Gasteiger charge is -2.09. The Morgan fingerprint density at radius 3 is 2.48 bits per heavy atom. The molecule has 0 aliphatic carbocycles. The van der Waals surface area contributed by atoms with Crippen LogP contribution in [0.25, 0.3) is 11.0 Å². The van der Waals surface area contributed by atoms with Gasteiger partial charge in [-0.2, -0.15) is 0 Å². The maximum atomic E-state index is 10.4. The number of para-hydroxylation sites is 2. The van der Waals surface area contributed by atoms with Crippen LogP contribution in [0.1, 0.15) is 70.5 Å². The molecule has 2 rings (SSSR count). The molecule has 0 saturated carbocycles. The maximum Gasteiger partial charge on any atom is 0.207 e. The van der Waals surface area contributed by atoms with Gasteiger partial charge >= 0.3 is 0 Å². The van der Waals surface area contributed by atoms with E-state index in [0.717, 1.165) is 37.1 Å². The largest absolute Gasteiger partial charge is 0.359 e. The van der Waals surface area contributed by atoms with E-state index in [9.17, 15) is 4.79 Å². The first-order chi connectivity index (χ1) is 12.4. The predicted molar refractivity (Wildman–Crippen MR) is 105 cm³/mol. The van der Waals surface area contributed by atoms with Crippen LogP contribution in [0, 0.1) is 0 Å². The molecule has 0 fully saturated rings. The number of hydrogen-bond donors (Lipinski definition) is 1. The summed E-state index contributed by atoms with van der Waals surface area (Å²) in [5, 5.41) is 2.73. The van der Waals surface area contributed by atoms with Gasteiger partial charge in [-0.25, -0.2) is 4.98 Å². The summed E-state index contributed by atoms with van der Waals surface area (Å²) in [7, 11) is 0. The quantitative estimate of drug-likeness (QED) is 0.393. The molecule has 4 nitrogen and oxygen atoms in total. The number of fused-ring (bicyclic) bond motifs is 1. The summed E-state index contributed by atoms with van der Waals surface area (Å²) in [6.45, 7) is 4.03. The van der Waals surface area contributed by atoms with Crippen LogP contribution >= 0.6 is 0 Å². The van der Waals surface area contributed by atoms with Crippen molar-refractivity contribution in [2.75, 3.05) is 6.54 Å². The lowest BCUT2D eigenvalue weighted by molar-refractivity contribution is -0.109. The summed E-state index contributed by atoms with van der Waals surface area (Å²) >= 11 is 0. The molecule has 0 radical (unpaired) electrons. The smallest absolute Gasteiger partial charge is 0.207 e. The van der Waals surface area contributed by atoms with E-state index in [1.54, 1.807) is 0 Å². The van der Waals surface area contributed by atoms with Gasteiger partial charge in [0.15, 0.2) is 0 Å². The van der Waals surface area contributed by atoms with Gasteiger partial charge in [-0.3, -0.25) is 4.79 Å². The Morgan fingerprint density at radius 1 is 1.00 bits per heavy atom. The van der Waals surface area contributed by atoms with Crippen molar-refractivity contribution < 1.29 is 4.79 Å². The fourth-order valence-electron chi connectivity index (χ4n) is 3.38. The average Bonchev–Trinajstić information content (AvgIpc) is 2.99. The third-order valence-corrected chi connectivity index (χ3v) is 4.77. The molecular formula is C21H33N3O. The highest BCUT2D eigenvalue weighted by molar-refractivity contribution is 5.75. The van der Waals surface area contributed by atoms with Crippen LogP contribution in [0.4, 0.5) is 0 Å². The number of hydrogen-bond acceptors (Lipinski definition) is 2. The van der Waals surface area contributed by atoms with Gasteiger partial charge < -0.3 is 9.88 Å². The summed E-state index contributed by atoms with van der Waals surface area (Å²) in [4.78, 5) is 15.2. The number of aromatic nitrogens is 2. The van der Waals surface area contributed by atoms with Crippen LogP contribution in [0.2, 0.25) is 0 Å². The highest BCUT2D eigenvalue weighted by atomic mass is 16.1. The number of imidazole rings is 1. The summed E-state index contributed by atoms with van der Waals surface area (Å²) in [5.74, 6) is 1.15. The molecule has 1 aromatic heterocycles. The zero-order chi connectivity index (χ0) is 17.7. The first kappa shape index (κ1) is 19.5. The number of carbonyl (C=O) groups excluding carboxylic acids is 1. The van der Waals surface area contributed by atoms with Gasteiger partial charge in [0, 0.05) is 19.5 Å². The second-order valence-corrected chi connectivity index (χ2v) is 6.82. The number of amides is 1. The minimum Gasteiger partial charge on any atom is -0.359 e. The van der Waals surface area contributed by atoms with Crippen molar-refractivity contribution in [1.82, 2.24) is 14.9 Å². The van der Waals surface area contributed by atoms with E-state index in [0.29, 0.717) is 6.54 Å². The molecule has 4 heteroatoms. The molecule has 0 aliphatic rings. The Labute approximate surface area is 152 Å². The average molecular weight is 344 g/mol. The first-order valence-corrected chi connectivity index (χ1v) is 9.98. The number of benzene rings is 1. The molecule has 1 heterocycles. The minimum absolute atomic E-state index is 0.713. The molecule has 1 aromatic carbocycles. The second kappa shape index (κ2) is 11.7. The maximum absolute atomic E-state index is 10.4. The van der Waals surface area contributed by atoms with Crippen molar-refractivity contribution in [2.24, 2.45) is 0 Å². The first-order valence-electron chi connectivity index (χ1n) is 9.98. The van der Waals surface area contributed by atoms with Crippen molar-refractivity contribution in [3.05, 3.63) is 30.1 Å². The third kappa shape index (κ3) is 6.52. The van der Waals surface area contributed by atoms with Crippen molar-refractivity contribution in [3.8, 4) is 0 Å². The molecule has 0 aliphatic heterocycles. The predicted octanol–water partition coefficient (Wildman–Crippen LogP) is 4.86. The normalized spacial score (nSPS) is 11.1. The highest BCUT2D eigenvalue weighted by Gasteiger charge is 2.09. The van der Waals surface area contributed by atoms with Crippen LogP contribution in [0.15, 0.2) is 24.3 Å². The molecule has 0 saturated heterocycles. The van der Waals surface area contributed by atoms with E-state index < -0.39 is 0 Å². The number of aryl methyl sites for hydroxylation is 2. The van der Waals surface area contributed by atoms with Crippen LogP contribution < -0.4 is 5.32 Å². The Morgan fingerprint density at radius 2 is 1.72 bits per heavy atom. The van der Waals surface area contributed by atoms with E-state index in [4.69, 9.17) is 4.98 Å². The van der Waals surface area contributed by atoms with E-state index in [1.165, 1.54) is 56.9 Å². The number of nitrogens with zero attached hydrogens (tertiary/aromatic N) is 2. The van der Waals surface area contributed by atoms with Gasteiger partial charge in [-0.15, -0.1) is 0 Å². The zero-order valence-corrected chi connectivity index (χ0v) is 15.7. The number of nitrogens with one attached hydrogen (secondary N) is 1. The third-order valence-electron chi connectivity index (χ3n) is 4.77. The van der Waals surface area contributed by atoms with Gasteiger partial charge in [-0.1, -0.05) is 64.0 Å². The molecule has 0 atom stereocenters. The fraction of sp³-hybridized carbons (Fsp3) is 0.619.